The molecule has 6 nitrogen and oxygen atoms in total. The predicted molar refractivity (Wildman–Crippen MR) is 87.5 cm³/mol. The number of nitrogens with one attached hydrogen (secondary N) is 2. The maximum absolute atomic E-state index is 11.9. The zero-order valence-corrected chi connectivity index (χ0v) is 14.0. The lowest BCUT2D eigenvalue weighted by Crippen LogP contribution is -2.42. The molecule has 0 saturated heterocycles. The van der Waals surface area contributed by atoms with E-state index in [1.54, 1.807) is 27.0 Å². The molecule has 0 saturated carbocycles. The number of furan rings is 1. The first-order valence-electron chi connectivity index (χ1n) is 6.92. The maximum atomic E-state index is 11.9. The number of hydrazine groups is 1. The van der Waals surface area contributed by atoms with Gasteiger partial charge in [-0.15, -0.1) is 11.8 Å². The molecule has 0 aliphatic rings. The minimum atomic E-state index is -0.401. The number of ether oxygens (including phenoxy) is 1. The van der Waals surface area contributed by atoms with Crippen LogP contribution >= 0.6 is 11.8 Å². The van der Waals surface area contributed by atoms with E-state index in [0.29, 0.717) is 17.1 Å². The number of amides is 2. The highest BCUT2D eigenvalue weighted by Gasteiger charge is 2.14. The first-order chi connectivity index (χ1) is 11.0. The zero-order valence-electron chi connectivity index (χ0n) is 13.1. The van der Waals surface area contributed by atoms with Gasteiger partial charge in [-0.1, -0.05) is 0 Å². The highest BCUT2D eigenvalue weighted by atomic mass is 32.2. The van der Waals surface area contributed by atoms with Gasteiger partial charge in [0.15, 0.2) is 0 Å². The van der Waals surface area contributed by atoms with Crippen molar-refractivity contribution in [2.75, 3.05) is 12.9 Å². The fourth-order valence-corrected chi connectivity index (χ4v) is 2.61. The number of aryl methyl sites for hydroxylation is 2. The largest absolute Gasteiger partial charge is 0.497 e. The molecule has 1 heterocycles. The maximum Gasteiger partial charge on any atom is 0.273 e. The van der Waals surface area contributed by atoms with E-state index in [9.17, 15) is 9.59 Å². The average molecular weight is 334 g/mol. The Bertz CT molecular complexity index is 695. The van der Waals surface area contributed by atoms with Crippen LogP contribution < -0.4 is 15.6 Å². The Morgan fingerprint density at radius 1 is 1.17 bits per heavy atom. The summed E-state index contributed by atoms with van der Waals surface area (Å²) in [6, 6.07) is 9.01. The normalized spacial score (nSPS) is 10.2. The van der Waals surface area contributed by atoms with Crippen molar-refractivity contribution in [3.05, 3.63) is 47.4 Å². The van der Waals surface area contributed by atoms with Crippen LogP contribution in [-0.4, -0.2) is 24.7 Å². The molecule has 7 heteroatoms. The van der Waals surface area contributed by atoms with E-state index in [4.69, 9.17) is 9.15 Å². The van der Waals surface area contributed by atoms with Crippen LogP contribution in [0.15, 0.2) is 39.6 Å². The van der Waals surface area contributed by atoms with Crippen LogP contribution in [-0.2, 0) is 4.79 Å². The smallest absolute Gasteiger partial charge is 0.273 e. The molecule has 122 valence electrons. The Morgan fingerprint density at radius 3 is 2.43 bits per heavy atom. The SMILES string of the molecule is COc1ccc(SCC(=O)NNC(=O)c2cc(C)oc2C)cc1. The van der Waals surface area contributed by atoms with E-state index in [1.165, 1.54) is 11.8 Å². The number of hydrogen-bond donors (Lipinski definition) is 2. The van der Waals surface area contributed by atoms with Crippen molar-refractivity contribution in [2.24, 2.45) is 0 Å². The molecule has 2 aromatic rings. The third-order valence-corrected chi connectivity index (χ3v) is 4.04. The Labute approximate surface area is 138 Å². The predicted octanol–water partition coefficient (Wildman–Crippen LogP) is 2.46. The summed E-state index contributed by atoms with van der Waals surface area (Å²) in [5.74, 6) is 1.42. The molecule has 0 aliphatic heterocycles. The summed E-state index contributed by atoms with van der Waals surface area (Å²) in [6.45, 7) is 3.46. The number of methoxy groups -OCH3 is 1. The molecule has 0 unspecified atom stereocenters. The number of thioether (sulfide) groups is 1. The van der Waals surface area contributed by atoms with Crippen LogP contribution in [0.5, 0.6) is 5.75 Å². The molecule has 1 aromatic heterocycles. The van der Waals surface area contributed by atoms with Gasteiger partial charge in [-0.25, -0.2) is 0 Å². The highest BCUT2D eigenvalue weighted by Crippen LogP contribution is 2.20. The molecule has 2 amide bonds. The molecule has 0 atom stereocenters. The van der Waals surface area contributed by atoms with Gasteiger partial charge >= 0.3 is 0 Å². The van der Waals surface area contributed by atoms with Crippen LogP contribution in [0.3, 0.4) is 0 Å². The summed E-state index contributed by atoms with van der Waals surface area (Å²) in [5.41, 5.74) is 5.17. The van der Waals surface area contributed by atoms with Crippen molar-refractivity contribution >= 4 is 23.6 Å². The van der Waals surface area contributed by atoms with Crippen molar-refractivity contribution < 1.29 is 18.7 Å². The molecule has 0 spiro atoms. The van der Waals surface area contributed by atoms with Gasteiger partial charge in [0.2, 0.25) is 5.91 Å². The second kappa shape index (κ2) is 7.73. The Morgan fingerprint density at radius 2 is 1.87 bits per heavy atom. The molecular weight excluding hydrogens is 316 g/mol. The van der Waals surface area contributed by atoms with E-state index in [1.807, 2.05) is 24.3 Å². The molecule has 0 radical (unpaired) electrons. The lowest BCUT2D eigenvalue weighted by molar-refractivity contribution is -0.119. The molecule has 0 aliphatic carbocycles. The lowest BCUT2D eigenvalue weighted by atomic mass is 10.2. The van der Waals surface area contributed by atoms with Crippen LogP contribution in [0.4, 0.5) is 0 Å². The fraction of sp³-hybridized carbons (Fsp3) is 0.250. The van der Waals surface area contributed by atoms with Gasteiger partial charge in [-0.05, 0) is 44.2 Å². The fourth-order valence-electron chi connectivity index (χ4n) is 1.91. The number of carbonyl (C=O) groups is 2. The average Bonchev–Trinajstić information content (AvgIpc) is 2.89. The topological polar surface area (TPSA) is 80.6 Å². The first-order valence-corrected chi connectivity index (χ1v) is 7.91. The summed E-state index contributed by atoms with van der Waals surface area (Å²) < 4.78 is 10.3. The van der Waals surface area contributed by atoms with Crippen molar-refractivity contribution in [2.45, 2.75) is 18.7 Å². The molecule has 23 heavy (non-hydrogen) atoms. The number of hydrogen-bond acceptors (Lipinski definition) is 5. The van der Waals surface area contributed by atoms with Crippen LogP contribution in [0.2, 0.25) is 0 Å². The summed E-state index contributed by atoms with van der Waals surface area (Å²) in [5, 5.41) is 0. The number of carbonyl (C=O) groups excluding carboxylic acids is 2. The molecular formula is C16H18N2O4S. The standard InChI is InChI=1S/C16H18N2O4S/c1-10-8-14(11(2)22-10)16(20)18-17-15(19)9-23-13-6-4-12(21-3)5-7-13/h4-8H,9H2,1-3H3,(H,17,19)(H,18,20). The third kappa shape index (κ3) is 4.79. The van der Waals surface area contributed by atoms with Crippen molar-refractivity contribution in [3.8, 4) is 5.75 Å². The Hall–Kier alpha value is -2.41. The van der Waals surface area contributed by atoms with Gasteiger partial charge in [-0.2, -0.15) is 0 Å². The minimum absolute atomic E-state index is 0.190. The summed E-state index contributed by atoms with van der Waals surface area (Å²) >= 11 is 1.37. The first kappa shape index (κ1) is 17.0. The van der Waals surface area contributed by atoms with E-state index in [2.05, 4.69) is 10.9 Å². The van der Waals surface area contributed by atoms with Gasteiger partial charge in [-0.3, -0.25) is 20.4 Å². The molecule has 2 N–H and O–H groups in total. The van der Waals surface area contributed by atoms with E-state index in [0.717, 1.165) is 10.6 Å². The van der Waals surface area contributed by atoms with Gasteiger partial charge in [0.05, 0.1) is 18.4 Å². The zero-order chi connectivity index (χ0) is 16.8. The second-order valence-electron chi connectivity index (χ2n) is 4.79. The summed E-state index contributed by atoms with van der Waals surface area (Å²) in [4.78, 5) is 24.6. The second-order valence-corrected chi connectivity index (χ2v) is 5.84. The van der Waals surface area contributed by atoms with Crippen LogP contribution in [0.25, 0.3) is 0 Å². The quantitative estimate of drug-likeness (QED) is 0.648. The number of rotatable bonds is 5. The van der Waals surface area contributed by atoms with Gasteiger partial charge < -0.3 is 9.15 Å². The van der Waals surface area contributed by atoms with E-state index in [-0.39, 0.29) is 11.7 Å². The van der Waals surface area contributed by atoms with Gasteiger partial charge in [0.25, 0.3) is 5.91 Å². The van der Waals surface area contributed by atoms with E-state index >= 15 is 0 Å². The van der Waals surface area contributed by atoms with Crippen molar-refractivity contribution in [3.63, 3.8) is 0 Å². The Kier molecular flexibility index (Phi) is 5.70. The van der Waals surface area contributed by atoms with Crippen LogP contribution in [0, 0.1) is 13.8 Å². The number of benzene rings is 1. The van der Waals surface area contributed by atoms with Crippen molar-refractivity contribution in [1.82, 2.24) is 10.9 Å². The van der Waals surface area contributed by atoms with E-state index < -0.39 is 5.91 Å². The van der Waals surface area contributed by atoms with Crippen LogP contribution in [0.1, 0.15) is 21.9 Å². The summed E-state index contributed by atoms with van der Waals surface area (Å²) in [6.07, 6.45) is 0. The molecule has 0 bridgehead atoms. The highest BCUT2D eigenvalue weighted by molar-refractivity contribution is 8.00. The van der Waals surface area contributed by atoms with Gasteiger partial charge in [0.1, 0.15) is 17.3 Å². The molecule has 1 aromatic carbocycles. The van der Waals surface area contributed by atoms with Crippen molar-refractivity contribution in [1.29, 1.82) is 0 Å². The van der Waals surface area contributed by atoms with Gasteiger partial charge in [0, 0.05) is 4.90 Å². The minimum Gasteiger partial charge on any atom is -0.497 e. The summed E-state index contributed by atoms with van der Waals surface area (Å²) in [7, 11) is 1.60. The third-order valence-electron chi connectivity index (χ3n) is 3.03. The Balaban J connectivity index is 1.78. The molecule has 2 rings (SSSR count). The monoisotopic (exact) mass is 334 g/mol. The molecule has 0 fully saturated rings. The lowest BCUT2D eigenvalue weighted by Gasteiger charge is -2.07.